The Morgan fingerprint density at radius 3 is 2.81 bits per heavy atom. The van der Waals surface area contributed by atoms with E-state index < -0.39 is 0 Å². The minimum Gasteiger partial charge on any atom is -0.493 e. The first kappa shape index (κ1) is 23.1. The summed E-state index contributed by atoms with van der Waals surface area (Å²) in [7, 11) is 0. The van der Waals surface area contributed by atoms with Crippen LogP contribution in [0.2, 0.25) is 5.02 Å². The molecule has 0 aliphatic carbocycles. The second-order valence-corrected chi connectivity index (χ2v) is 9.61. The highest BCUT2D eigenvalue weighted by molar-refractivity contribution is 6.31. The highest BCUT2D eigenvalue weighted by Gasteiger charge is 2.40. The van der Waals surface area contributed by atoms with E-state index in [9.17, 15) is 4.79 Å². The molecule has 1 aromatic carbocycles. The largest absolute Gasteiger partial charge is 0.493 e. The Morgan fingerprint density at radius 2 is 2.09 bits per heavy atom. The van der Waals surface area contributed by atoms with E-state index >= 15 is 0 Å². The highest BCUT2D eigenvalue weighted by Crippen LogP contribution is 2.36. The zero-order valence-corrected chi connectivity index (χ0v) is 19.8. The quantitative estimate of drug-likeness (QED) is 0.683. The molecule has 7 nitrogen and oxygen atoms in total. The van der Waals surface area contributed by atoms with Crippen molar-refractivity contribution in [3.8, 4) is 5.75 Å². The molecule has 3 heterocycles. The van der Waals surface area contributed by atoms with Crippen molar-refractivity contribution in [1.29, 1.82) is 0 Å². The second-order valence-electron chi connectivity index (χ2n) is 9.20. The summed E-state index contributed by atoms with van der Waals surface area (Å²) in [6, 6.07) is 5.74. The van der Waals surface area contributed by atoms with Gasteiger partial charge in [0.15, 0.2) is 0 Å². The van der Waals surface area contributed by atoms with Gasteiger partial charge >= 0.3 is 0 Å². The number of nitrogens with one attached hydrogen (secondary N) is 1. The molecule has 174 valence electrons. The van der Waals surface area contributed by atoms with Crippen LogP contribution in [0.3, 0.4) is 0 Å². The third kappa shape index (κ3) is 5.63. The van der Waals surface area contributed by atoms with E-state index in [4.69, 9.17) is 21.1 Å². The van der Waals surface area contributed by atoms with Crippen LogP contribution < -0.4 is 4.74 Å². The molecule has 1 N–H and O–H groups in total. The van der Waals surface area contributed by atoms with Gasteiger partial charge in [-0.1, -0.05) is 11.6 Å². The molecule has 2 aliphatic heterocycles. The number of ether oxygens (including phenoxy) is 2. The van der Waals surface area contributed by atoms with E-state index in [0.717, 1.165) is 54.5 Å². The molecule has 0 radical (unpaired) electrons. The smallest absolute Gasteiger partial charge is 0.223 e. The lowest BCUT2D eigenvalue weighted by Crippen LogP contribution is -2.50. The molecule has 0 spiro atoms. The van der Waals surface area contributed by atoms with E-state index in [-0.39, 0.29) is 11.3 Å². The average molecular weight is 461 g/mol. The number of morpholine rings is 1. The maximum absolute atomic E-state index is 13.2. The van der Waals surface area contributed by atoms with E-state index in [0.29, 0.717) is 39.3 Å². The van der Waals surface area contributed by atoms with Crippen LogP contribution in [0.1, 0.15) is 36.1 Å². The van der Waals surface area contributed by atoms with E-state index in [1.807, 2.05) is 43.1 Å². The first-order chi connectivity index (χ1) is 15.4. The van der Waals surface area contributed by atoms with Crippen molar-refractivity contribution in [3.63, 3.8) is 0 Å². The second kappa shape index (κ2) is 10.2. The lowest BCUT2D eigenvalue weighted by molar-refractivity contribution is -0.139. The van der Waals surface area contributed by atoms with Crippen molar-refractivity contribution < 1.29 is 14.3 Å². The van der Waals surface area contributed by atoms with Gasteiger partial charge in [-0.25, -0.2) is 0 Å². The van der Waals surface area contributed by atoms with Crippen molar-refractivity contribution in [3.05, 3.63) is 46.2 Å². The number of aromatic nitrogens is 2. The molecule has 2 aliphatic rings. The number of likely N-dealkylation sites (tertiary alicyclic amines) is 1. The van der Waals surface area contributed by atoms with Gasteiger partial charge in [-0.3, -0.25) is 14.8 Å². The average Bonchev–Trinajstić information content (AvgIpc) is 3.19. The highest BCUT2D eigenvalue weighted by atomic mass is 35.5. The van der Waals surface area contributed by atoms with Gasteiger partial charge in [-0.15, -0.1) is 0 Å². The number of aromatic amines is 1. The minimum atomic E-state index is -0.237. The zero-order chi connectivity index (χ0) is 22.6. The summed E-state index contributed by atoms with van der Waals surface area (Å²) >= 11 is 6.18. The van der Waals surface area contributed by atoms with Gasteiger partial charge in [0.2, 0.25) is 5.91 Å². The van der Waals surface area contributed by atoms with Crippen LogP contribution in [-0.4, -0.2) is 71.9 Å². The number of nitrogens with zero attached hydrogens (tertiary/aromatic N) is 3. The van der Waals surface area contributed by atoms with Crippen LogP contribution in [0.15, 0.2) is 24.4 Å². The van der Waals surface area contributed by atoms with Gasteiger partial charge in [0, 0.05) is 54.3 Å². The fourth-order valence-corrected chi connectivity index (χ4v) is 4.84. The monoisotopic (exact) mass is 460 g/mol. The maximum atomic E-state index is 13.2. The van der Waals surface area contributed by atoms with E-state index in [1.54, 1.807) is 0 Å². The number of halogens is 1. The number of aryl methyl sites for hydroxylation is 2. The molecule has 1 unspecified atom stereocenters. The predicted octanol–water partition coefficient (Wildman–Crippen LogP) is 3.59. The van der Waals surface area contributed by atoms with Gasteiger partial charge in [0.1, 0.15) is 5.75 Å². The van der Waals surface area contributed by atoms with Crippen LogP contribution in [0.5, 0.6) is 5.75 Å². The Balaban J connectivity index is 1.50. The van der Waals surface area contributed by atoms with E-state index in [2.05, 4.69) is 15.1 Å². The van der Waals surface area contributed by atoms with Crippen LogP contribution >= 0.6 is 11.6 Å². The van der Waals surface area contributed by atoms with Crippen molar-refractivity contribution in [2.75, 3.05) is 46.0 Å². The van der Waals surface area contributed by atoms with Gasteiger partial charge in [-0.05, 0) is 57.0 Å². The van der Waals surface area contributed by atoms with Gasteiger partial charge in [0.05, 0.1) is 26.0 Å². The number of rotatable bonds is 7. The Bertz CT molecular complexity index is 928. The number of benzene rings is 1. The standard InChI is InChI=1S/C24H33ClN4O3/c1-18-12-21(4-5-22(18)25)32-17-24(13-23(30)29-8-10-31-11-9-29)6-3-7-28(16-24)15-20-14-26-27-19(20)2/h4-5,12,14H,3,6-11,13,15-17H2,1-2H3,(H,26,27). The molecule has 0 bridgehead atoms. The Kier molecular flexibility index (Phi) is 7.38. The van der Waals surface area contributed by atoms with Crippen LogP contribution in [0.4, 0.5) is 0 Å². The minimum absolute atomic E-state index is 0.200. The number of hydrogen-bond donors (Lipinski definition) is 1. The normalized spacial score (nSPS) is 22.2. The van der Waals surface area contributed by atoms with Gasteiger partial charge in [0.25, 0.3) is 0 Å². The summed E-state index contributed by atoms with van der Waals surface area (Å²) in [5.41, 5.74) is 3.05. The summed E-state index contributed by atoms with van der Waals surface area (Å²) in [4.78, 5) is 17.6. The van der Waals surface area contributed by atoms with Crippen molar-refractivity contribution in [2.24, 2.45) is 5.41 Å². The first-order valence-electron chi connectivity index (χ1n) is 11.4. The number of H-pyrrole nitrogens is 1. The fourth-order valence-electron chi connectivity index (χ4n) is 4.72. The summed E-state index contributed by atoms with van der Waals surface area (Å²) < 4.78 is 11.7. The van der Waals surface area contributed by atoms with Crippen molar-refractivity contribution >= 4 is 17.5 Å². The summed E-state index contributed by atoms with van der Waals surface area (Å²) in [6.07, 6.45) is 4.39. The molecule has 2 saturated heterocycles. The molecule has 0 saturated carbocycles. The summed E-state index contributed by atoms with van der Waals surface area (Å²) in [5, 5.41) is 7.92. The molecular formula is C24H33ClN4O3. The van der Waals surface area contributed by atoms with Crippen LogP contribution in [-0.2, 0) is 16.1 Å². The number of piperidine rings is 1. The Morgan fingerprint density at radius 1 is 1.28 bits per heavy atom. The number of hydrogen-bond acceptors (Lipinski definition) is 5. The summed E-state index contributed by atoms with van der Waals surface area (Å²) in [6.45, 7) is 9.76. The Hall–Kier alpha value is -2.09. The van der Waals surface area contributed by atoms with Crippen molar-refractivity contribution in [2.45, 2.75) is 39.7 Å². The number of carbonyl (C=O) groups is 1. The SMILES string of the molecule is Cc1cc(OCC2(CC(=O)N3CCOCC3)CCCN(Cc3cn[nH]c3C)C2)ccc1Cl. The molecule has 1 atom stereocenters. The Labute approximate surface area is 195 Å². The number of amides is 1. The van der Waals surface area contributed by atoms with Crippen molar-refractivity contribution in [1.82, 2.24) is 20.0 Å². The van der Waals surface area contributed by atoms with Crippen LogP contribution in [0, 0.1) is 19.3 Å². The summed E-state index contributed by atoms with van der Waals surface area (Å²) in [5.74, 6) is 0.999. The number of carbonyl (C=O) groups excluding carboxylic acids is 1. The maximum Gasteiger partial charge on any atom is 0.223 e. The topological polar surface area (TPSA) is 70.7 Å². The third-order valence-corrected chi connectivity index (χ3v) is 7.06. The van der Waals surface area contributed by atoms with Crippen LogP contribution in [0.25, 0.3) is 0 Å². The van der Waals surface area contributed by atoms with E-state index in [1.165, 1.54) is 5.56 Å². The molecule has 1 aromatic heterocycles. The molecular weight excluding hydrogens is 428 g/mol. The van der Waals surface area contributed by atoms with Gasteiger partial charge < -0.3 is 14.4 Å². The third-order valence-electron chi connectivity index (χ3n) is 6.63. The first-order valence-corrected chi connectivity index (χ1v) is 11.8. The zero-order valence-electron chi connectivity index (χ0n) is 19.0. The fraction of sp³-hybridized carbons (Fsp3) is 0.583. The lowest BCUT2D eigenvalue weighted by atomic mass is 9.77. The van der Waals surface area contributed by atoms with Gasteiger partial charge in [-0.2, -0.15) is 5.10 Å². The lowest BCUT2D eigenvalue weighted by Gasteiger charge is -2.43. The molecule has 4 rings (SSSR count). The molecule has 2 fully saturated rings. The molecule has 1 amide bonds. The molecule has 32 heavy (non-hydrogen) atoms. The predicted molar refractivity (Wildman–Crippen MR) is 124 cm³/mol. The molecule has 2 aromatic rings. The molecule has 8 heteroatoms.